The third-order valence-electron chi connectivity index (χ3n) is 2.95. The zero-order valence-electron chi connectivity index (χ0n) is 9.13. The Hall–Kier alpha value is -0.590. The lowest BCUT2D eigenvalue weighted by atomic mass is 10.1. The topological polar surface area (TPSA) is 60.0 Å². The highest BCUT2D eigenvalue weighted by Gasteiger charge is 2.28. The summed E-state index contributed by atoms with van der Waals surface area (Å²) in [5, 5.41) is 7.79. The van der Waals surface area contributed by atoms with Crippen molar-refractivity contribution in [1.82, 2.24) is 19.9 Å². The van der Waals surface area contributed by atoms with Crippen molar-refractivity contribution in [1.29, 1.82) is 0 Å². The van der Waals surface area contributed by atoms with Crippen molar-refractivity contribution in [2.45, 2.75) is 12.1 Å². The monoisotopic (exact) mass is 227 g/mol. The molecule has 2 heterocycles. The van der Waals surface area contributed by atoms with Gasteiger partial charge in [-0.3, -0.25) is 9.58 Å². The van der Waals surface area contributed by atoms with E-state index in [1.807, 2.05) is 18.8 Å². The van der Waals surface area contributed by atoms with Gasteiger partial charge in [0.15, 0.2) is 0 Å². The third-order valence-corrected chi connectivity index (χ3v) is 4.00. The highest BCUT2D eigenvalue weighted by Crippen LogP contribution is 2.23. The molecule has 2 atom stereocenters. The van der Waals surface area contributed by atoms with Crippen LogP contribution in [0.3, 0.4) is 0 Å². The van der Waals surface area contributed by atoms with Gasteiger partial charge >= 0.3 is 0 Å². The number of nitrogens with zero attached hydrogens (tertiary/aromatic N) is 4. The van der Waals surface area contributed by atoms with Crippen LogP contribution in [0.25, 0.3) is 0 Å². The van der Waals surface area contributed by atoms with Gasteiger partial charge in [0, 0.05) is 31.1 Å². The number of hydrogen-bond acceptors (Lipinski definition) is 5. The van der Waals surface area contributed by atoms with Crippen molar-refractivity contribution in [3.05, 3.63) is 11.9 Å². The van der Waals surface area contributed by atoms with E-state index in [1.165, 1.54) is 5.75 Å². The smallest absolute Gasteiger partial charge is 0.0767 e. The van der Waals surface area contributed by atoms with Gasteiger partial charge < -0.3 is 5.73 Å². The summed E-state index contributed by atoms with van der Waals surface area (Å²) in [7, 11) is 4.02. The summed E-state index contributed by atoms with van der Waals surface area (Å²) in [4.78, 5) is 2.33. The lowest BCUT2D eigenvalue weighted by Crippen LogP contribution is -2.46. The molecule has 5 nitrogen and oxygen atoms in total. The summed E-state index contributed by atoms with van der Waals surface area (Å²) in [6.45, 7) is 1.11. The van der Waals surface area contributed by atoms with Crippen molar-refractivity contribution in [2.75, 3.05) is 25.1 Å². The molecule has 0 aliphatic carbocycles. The van der Waals surface area contributed by atoms with Gasteiger partial charge in [0.25, 0.3) is 0 Å². The summed E-state index contributed by atoms with van der Waals surface area (Å²) >= 11 is 1.97. The molecule has 1 saturated heterocycles. The summed E-state index contributed by atoms with van der Waals surface area (Å²) < 4.78 is 1.76. The van der Waals surface area contributed by atoms with E-state index in [4.69, 9.17) is 5.73 Å². The number of nitrogens with two attached hydrogens (primary N) is 1. The molecule has 0 saturated carbocycles. The molecule has 2 rings (SSSR count). The first-order chi connectivity index (χ1) is 7.20. The zero-order valence-corrected chi connectivity index (χ0v) is 9.94. The van der Waals surface area contributed by atoms with Crippen LogP contribution < -0.4 is 5.73 Å². The Labute approximate surface area is 94.0 Å². The Balaban J connectivity index is 2.13. The summed E-state index contributed by atoms with van der Waals surface area (Å²) in [5.41, 5.74) is 7.26. The highest BCUT2D eigenvalue weighted by atomic mass is 32.2. The lowest BCUT2D eigenvalue weighted by Gasteiger charge is -2.35. The molecule has 0 bridgehead atoms. The van der Waals surface area contributed by atoms with E-state index in [1.54, 1.807) is 10.9 Å². The molecule has 1 aliphatic heterocycles. The fourth-order valence-electron chi connectivity index (χ4n) is 1.88. The normalized spacial score (nSPS) is 25.4. The van der Waals surface area contributed by atoms with Crippen molar-refractivity contribution in [3.63, 3.8) is 0 Å². The Morgan fingerprint density at radius 3 is 3.00 bits per heavy atom. The molecule has 84 valence electrons. The Bertz CT molecular complexity index is 326. The molecular formula is C9H17N5S. The standard InChI is InChI=1S/C9H17N5S/c1-13-3-4-15-6-8(13)9(10)7-5-11-12-14(7)2/h5,8-9H,3-4,6,10H2,1-2H3. The van der Waals surface area contributed by atoms with E-state index >= 15 is 0 Å². The largest absolute Gasteiger partial charge is 0.321 e. The highest BCUT2D eigenvalue weighted by molar-refractivity contribution is 7.99. The molecule has 2 unspecified atom stereocenters. The maximum Gasteiger partial charge on any atom is 0.0767 e. The predicted molar refractivity (Wildman–Crippen MR) is 61.7 cm³/mol. The van der Waals surface area contributed by atoms with Crippen molar-refractivity contribution >= 4 is 11.8 Å². The minimum Gasteiger partial charge on any atom is -0.321 e. The molecule has 1 aliphatic rings. The molecule has 2 N–H and O–H groups in total. The first-order valence-electron chi connectivity index (χ1n) is 5.08. The first kappa shape index (κ1) is 10.9. The quantitative estimate of drug-likeness (QED) is 0.762. The number of hydrogen-bond donors (Lipinski definition) is 1. The fraction of sp³-hybridized carbons (Fsp3) is 0.778. The second kappa shape index (κ2) is 4.51. The summed E-state index contributed by atoms with van der Waals surface area (Å²) in [6.07, 6.45) is 1.76. The summed E-state index contributed by atoms with van der Waals surface area (Å²) in [6, 6.07) is 0.392. The fourth-order valence-corrected chi connectivity index (χ4v) is 3.17. The van der Waals surface area contributed by atoms with Crippen LogP contribution in [0.5, 0.6) is 0 Å². The molecule has 1 aromatic heterocycles. The maximum absolute atomic E-state index is 6.25. The van der Waals surface area contributed by atoms with Gasteiger partial charge in [-0.05, 0) is 7.05 Å². The summed E-state index contributed by atoms with van der Waals surface area (Å²) in [5.74, 6) is 2.28. The molecule has 0 spiro atoms. The van der Waals surface area contributed by atoms with E-state index in [-0.39, 0.29) is 6.04 Å². The SMILES string of the molecule is CN1CCSCC1C(N)c1cnnn1C. The van der Waals surface area contributed by atoms with Crippen LogP contribution in [-0.2, 0) is 7.05 Å². The third kappa shape index (κ3) is 2.16. The van der Waals surface area contributed by atoms with Gasteiger partial charge in [0.2, 0.25) is 0 Å². The number of aromatic nitrogens is 3. The van der Waals surface area contributed by atoms with Crippen LogP contribution in [-0.4, -0.2) is 51.0 Å². The van der Waals surface area contributed by atoms with Crippen LogP contribution in [0, 0.1) is 0 Å². The molecule has 1 aromatic rings. The second-order valence-corrected chi connectivity index (χ2v) is 5.08. The average Bonchev–Trinajstić information content (AvgIpc) is 2.64. The van der Waals surface area contributed by atoms with E-state index in [2.05, 4.69) is 22.3 Å². The molecular weight excluding hydrogens is 210 g/mol. The molecule has 6 heteroatoms. The lowest BCUT2D eigenvalue weighted by molar-refractivity contribution is 0.233. The molecule has 0 amide bonds. The van der Waals surface area contributed by atoms with Crippen molar-refractivity contribution in [3.8, 4) is 0 Å². The second-order valence-electron chi connectivity index (χ2n) is 3.93. The molecule has 1 fully saturated rings. The van der Waals surface area contributed by atoms with Gasteiger partial charge in [-0.25, -0.2) is 0 Å². The van der Waals surface area contributed by atoms with Gasteiger partial charge in [0.05, 0.1) is 17.9 Å². The van der Waals surface area contributed by atoms with Crippen molar-refractivity contribution < 1.29 is 0 Å². The maximum atomic E-state index is 6.25. The Kier molecular flexibility index (Phi) is 3.28. The minimum absolute atomic E-state index is 0.00259. The first-order valence-corrected chi connectivity index (χ1v) is 6.23. The number of likely N-dealkylation sites (N-methyl/N-ethyl adjacent to an activating group) is 1. The van der Waals surface area contributed by atoms with E-state index in [9.17, 15) is 0 Å². The van der Waals surface area contributed by atoms with Gasteiger partial charge in [-0.15, -0.1) is 5.10 Å². The van der Waals surface area contributed by atoms with Crippen LogP contribution in [0.2, 0.25) is 0 Å². The number of rotatable bonds is 2. The Morgan fingerprint density at radius 2 is 2.40 bits per heavy atom. The van der Waals surface area contributed by atoms with Gasteiger partial charge in [0.1, 0.15) is 0 Å². The van der Waals surface area contributed by atoms with Crippen LogP contribution in [0.4, 0.5) is 0 Å². The number of aryl methyl sites for hydroxylation is 1. The average molecular weight is 227 g/mol. The molecule has 15 heavy (non-hydrogen) atoms. The molecule has 0 radical (unpaired) electrons. The zero-order chi connectivity index (χ0) is 10.8. The van der Waals surface area contributed by atoms with E-state index in [0.29, 0.717) is 6.04 Å². The predicted octanol–water partition coefficient (Wildman–Crippen LogP) is -0.138. The van der Waals surface area contributed by atoms with Crippen LogP contribution in [0.15, 0.2) is 6.20 Å². The molecule has 0 aromatic carbocycles. The van der Waals surface area contributed by atoms with E-state index in [0.717, 1.165) is 18.0 Å². The van der Waals surface area contributed by atoms with Crippen LogP contribution >= 0.6 is 11.8 Å². The van der Waals surface area contributed by atoms with E-state index < -0.39 is 0 Å². The van der Waals surface area contributed by atoms with Gasteiger partial charge in [-0.1, -0.05) is 5.21 Å². The number of thioether (sulfide) groups is 1. The van der Waals surface area contributed by atoms with Gasteiger partial charge in [-0.2, -0.15) is 11.8 Å². The minimum atomic E-state index is 0.00259. The Morgan fingerprint density at radius 1 is 1.60 bits per heavy atom. The van der Waals surface area contributed by atoms with Crippen LogP contribution in [0.1, 0.15) is 11.7 Å². The van der Waals surface area contributed by atoms with Crippen molar-refractivity contribution in [2.24, 2.45) is 12.8 Å².